The molecule has 2 atom stereocenters. The van der Waals surface area contributed by atoms with E-state index in [1.54, 1.807) is 0 Å². The van der Waals surface area contributed by atoms with E-state index in [0.717, 1.165) is 31.6 Å². The van der Waals surface area contributed by atoms with Crippen LogP contribution in [-0.2, 0) is 20.9 Å². The predicted molar refractivity (Wildman–Crippen MR) is 109 cm³/mol. The molecule has 10 heteroatoms. The van der Waals surface area contributed by atoms with Gasteiger partial charge in [0, 0.05) is 36.1 Å². The molecule has 0 spiro atoms. The molecule has 1 fully saturated rings. The number of piperidine rings is 1. The quantitative estimate of drug-likeness (QED) is 0.670. The second-order valence-electron chi connectivity index (χ2n) is 7.29. The first-order valence-electron chi connectivity index (χ1n) is 9.82. The van der Waals surface area contributed by atoms with Gasteiger partial charge in [0.05, 0.1) is 12.7 Å². The van der Waals surface area contributed by atoms with Gasteiger partial charge in [-0.25, -0.2) is 9.59 Å². The topological polar surface area (TPSA) is 118 Å². The molecular formula is C21H21ClN2O7. The Bertz CT molecular complexity index is 961. The van der Waals surface area contributed by atoms with Crippen LogP contribution in [0.25, 0.3) is 0 Å². The molecule has 0 aliphatic carbocycles. The summed E-state index contributed by atoms with van der Waals surface area (Å²) in [4.78, 5) is 30.3. The molecule has 2 aliphatic rings. The first kappa shape index (κ1) is 21.5. The van der Waals surface area contributed by atoms with E-state index >= 15 is 0 Å². The van der Waals surface area contributed by atoms with Crippen LogP contribution >= 0.6 is 11.6 Å². The van der Waals surface area contributed by atoms with E-state index in [1.807, 2.05) is 24.3 Å². The largest absolute Gasteiger partial charge is 0.420 e. The van der Waals surface area contributed by atoms with Crippen molar-refractivity contribution in [2.45, 2.75) is 37.8 Å². The van der Waals surface area contributed by atoms with Crippen molar-refractivity contribution in [3.05, 3.63) is 47.2 Å². The molecule has 4 rings (SSSR count). The summed E-state index contributed by atoms with van der Waals surface area (Å²) in [7, 11) is 0. The molecule has 1 saturated heterocycles. The van der Waals surface area contributed by atoms with Gasteiger partial charge >= 0.3 is 11.9 Å². The van der Waals surface area contributed by atoms with E-state index < -0.39 is 24.1 Å². The number of rotatable bonds is 4. The number of hydrogen-bond acceptors (Lipinski definition) is 9. The summed E-state index contributed by atoms with van der Waals surface area (Å²) >= 11 is 5.95. The number of anilines is 1. The fourth-order valence-electron chi connectivity index (χ4n) is 3.48. The third-order valence-corrected chi connectivity index (χ3v) is 5.48. The number of aromatic nitrogens is 1. The van der Waals surface area contributed by atoms with Crippen molar-refractivity contribution in [1.82, 2.24) is 4.98 Å². The Hall–Kier alpha value is -2.72. The molecule has 0 unspecified atom stereocenters. The molecule has 9 nitrogen and oxygen atoms in total. The molecule has 1 aromatic heterocycles. The number of carbonyl (C=O) groups is 2. The fraction of sp³-hybridized carbons (Fsp3) is 0.381. The number of pyridine rings is 1. The van der Waals surface area contributed by atoms with Gasteiger partial charge in [0.1, 0.15) is 5.69 Å². The van der Waals surface area contributed by atoms with Gasteiger partial charge in [-0.1, -0.05) is 11.6 Å². The molecule has 2 aromatic rings. The molecule has 31 heavy (non-hydrogen) atoms. The van der Waals surface area contributed by atoms with Crippen molar-refractivity contribution < 1.29 is 34.0 Å². The predicted octanol–water partition coefficient (Wildman–Crippen LogP) is 1.47. The number of ether oxygens (including phenoxy) is 3. The third kappa shape index (κ3) is 4.80. The number of nitrogens with zero attached hydrogens (tertiary/aromatic N) is 2. The molecule has 0 saturated carbocycles. The van der Waals surface area contributed by atoms with Gasteiger partial charge < -0.3 is 29.3 Å². The maximum atomic E-state index is 12.0. The van der Waals surface area contributed by atoms with Crippen LogP contribution in [0.3, 0.4) is 0 Å². The molecule has 3 heterocycles. The summed E-state index contributed by atoms with van der Waals surface area (Å²) in [5, 5.41) is 20.0. The first-order valence-corrected chi connectivity index (χ1v) is 10.2. The van der Waals surface area contributed by atoms with Crippen molar-refractivity contribution in [1.29, 1.82) is 0 Å². The van der Waals surface area contributed by atoms with Gasteiger partial charge in [-0.05, 0) is 37.1 Å². The van der Waals surface area contributed by atoms with Crippen molar-refractivity contribution in [3.63, 3.8) is 0 Å². The minimum atomic E-state index is -2.05. The highest BCUT2D eigenvalue weighted by molar-refractivity contribution is 6.30. The van der Waals surface area contributed by atoms with Crippen LogP contribution < -0.4 is 14.4 Å². The highest BCUT2D eigenvalue weighted by Gasteiger charge is 2.37. The van der Waals surface area contributed by atoms with Crippen molar-refractivity contribution >= 4 is 29.2 Å². The number of halogens is 1. The Morgan fingerprint density at radius 2 is 1.68 bits per heavy atom. The second kappa shape index (κ2) is 9.19. The van der Waals surface area contributed by atoms with Gasteiger partial charge in [-0.2, -0.15) is 0 Å². The number of fused-ring (bicyclic) bond motifs is 1. The number of aliphatic hydroxyl groups is 2. The van der Waals surface area contributed by atoms with Crippen LogP contribution in [0.1, 0.15) is 18.5 Å². The van der Waals surface area contributed by atoms with Crippen molar-refractivity contribution in [3.8, 4) is 11.5 Å². The highest BCUT2D eigenvalue weighted by Crippen LogP contribution is 2.33. The van der Waals surface area contributed by atoms with E-state index in [-0.39, 0.29) is 29.9 Å². The minimum absolute atomic E-state index is 0.0261. The van der Waals surface area contributed by atoms with E-state index in [1.165, 1.54) is 12.3 Å². The van der Waals surface area contributed by atoms with E-state index in [4.69, 9.17) is 25.8 Å². The number of hydrogen-bond donors (Lipinski definition) is 2. The van der Waals surface area contributed by atoms with Gasteiger partial charge in [0.2, 0.25) is 0 Å². The lowest BCUT2D eigenvalue weighted by Crippen LogP contribution is -2.45. The number of benzene rings is 1. The summed E-state index contributed by atoms with van der Waals surface area (Å²) in [6.07, 6.45) is -1.15. The monoisotopic (exact) mass is 448 g/mol. The molecular weight excluding hydrogens is 428 g/mol. The van der Waals surface area contributed by atoms with E-state index in [9.17, 15) is 19.8 Å². The molecule has 2 aliphatic heterocycles. The Morgan fingerprint density at radius 3 is 2.35 bits per heavy atom. The average Bonchev–Trinajstić information content (AvgIpc) is 2.78. The molecule has 164 valence electrons. The molecule has 0 bridgehead atoms. The maximum Gasteiger partial charge on any atom is 0.343 e. The zero-order valence-corrected chi connectivity index (χ0v) is 17.2. The summed E-state index contributed by atoms with van der Waals surface area (Å²) in [5.41, 5.74) is 1.35. The van der Waals surface area contributed by atoms with Crippen LogP contribution in [-0.4, -0.2) is 58.5 Å². The summed E-state index contributed by atoms with van der Waals surface area (Å²) in [6.45, 7) is 1.64. The maximum absolute atomic E-state index is 12.0. The minimum Gasteiger partial charge on any atom is -0.420 e. The van der Waals surface area contributed by atoms with E-state index in [2.05, 4.69) is 9.88 Å². The lowest BCUT2D eigenvalue weighted by molar-refractivity contribution is -0.164. The van der Waals surface area contributed by atoms with Gasteiger partial charge in [-0.15, -0.1) is 0 Å². The zero-order chi connectivity index (χ0) is 22.0. The number of esters is 2. The van der Waals surface area contributed by atoms with Crippen molar-refractivity contribution in [2.24, 2.45) is 0 Å². The van der Waals surface area contributed by atoms with Crippen molar-refractivity contribution in [2.75, 3.05) is 18.0 Å². The van der Waals surface area contributed by atoms with Crippen LogP contribution in [0.5, 0.6) is 11.5 Å². The third-order valence-electron chi connectivity index (χ3n) is 5.23. The molecule has 1 aromatic carbocycles. The molecule has 2 N–H and O–H groups in total. The number of carbonyl (C=O) groups excluding carboxylic acids is 2. The average molecular weight is 449 g/mol. The highest BCUT2D eigenvalue weighted by atomic mass is 35.5. The van der Waals surface area contributed by atoms with E-state index in [0.29, 0.717) is 5.02 Å². The lowest BCUT2D eigenvalue weighted by Gasteiger charge is -2.33. The van der Waals surface area contributed by atoms with Gasteiger partial charge in [0.25, 0.3) is 0 Å². The summed E-state index contributed by atoms with van der Waals surface area (Å²) in [5.74, 6) is -2.50. The Kier molecular flexibility index (Phi) is 6.38. The van der Waals surface area contributed by atoms with Gasteiger partial charge in [0.15, 0.2) is 23.7 Å². The van der Waals surface area contributed by atoms with Crippen LogP contribution in [0, 0.1) is 0 Å². The van der Waals surface area contributed by atoms with Crippen LogP contribution in [0.4, 0.5) is 5.69 Å². The second-order valence-corrected chi connectivity index (χ2v) is 7.73. The Morgan fingerprint density at radius 1 is 1.03 bits per heavy atom. The van der Waals surface area contributed by atoms with Crippen LogP contribution in [0.15, 0.2) is 36.5 Å². The zero-order valence-electron chi connectivity index (χ0n) is 16.4. The summed E-state index contributed by atoms with van der Waals surface area (Å²) < 4.78 is 16.1. The standard InChI is InChI=1S/C21H21ClN2O7/c22-12-1-3-13(4-2-12)24-9-6-14(7-10-24)29-11-15-19-16(5-8-23-15)30-20(27)17(25)18(26)21(28)31-19/h1-5,8,14,17-18,25-26H,6-7,9-11H2/t17-,18-/m0/s1. The normalized spacial score (nSPS) is 22.2. The Labute approximate surface area is 183 Å². The summed E-state index contributed by atoms with van der Waals surface area (Å²) in [6, 6.07) is 9.02. The fourth-order valence-corrected chi connectivity index (χ4v) is 3.61. The lowest BCUT2D eigenvalue weighted by atomic mass is 10.1. The SMILES string of the molecule is O=C1Oc2ccnc(COC3CCN(c4ccc(Cl)cc4)CC3)c2OC(=O)[C@@H](O)[C@@H]1O. The first-order chi connectivity index (χ1) is 14.9. The van der Waals surface area contributed by atoms with Gasteiger partial charge in [-0.3, -0.25) is 4.98 Å². The molecule has 0 radical (unpaired) electrons. The number of aliphatic hydroxyl groups excluding tert-OH is 2. The smallest absolute Gasteiger partial charge is 0.343 e. The molecule has 0 amide bonds. The Balaban J connectivity index is 1.40. The van der Waals surface area contributed by atoms with Crippen LogP contribution in [0.2, 0.25) is 5.02 Å².